The lowest BCUT2D eigenvalue weighted by molar-refractivity contribution is -0.402. The predicted molar refractivity (Wildman–Crippen MR) is 60.7 cm³/mol. The van der Waals surface area contributed by atoms with Crippen LogP contribution in [0.15, 0.2) is 28.6 Å². The van der Waals surface area contributed by atoms with E-state index >= 15 is 0 Å². The number of furan rings is 1. The molecule has 0 unspecified atom stereocenters. The first-order chi connectivity index (χ1) is 8.88. The Kier molecular flexibility index (Phi) is 4.81. The lowest BCUT2D eigenvalue weighted by atomic mass is 10.3. The third kappa shape index (κ3) is 5.02. The summed E-state index contributed by atoms with van der Waals surface area (Å²) in [5.41, 5.74) is 0. The standard InChI is InChI=1S/C11H11NO7/c1-7(13)17-11(18-8(2)14)6-4-9-3-5-10(19-9)12(15)16/h3,5-6H,4H2,1-2H3. The van der Waals surface area contributed by atoms with Crippen molar-refractivity contribution in [3.63, 3.8) is 0 Å². The smallest absolute Gasteiger partial charge is 0.406 e. The molecule has 0 aromatic carbocycles. The summed E-state index contributed by atoms with van der Waals surface area (Å²) in [6, 6.07) is 2.59. The molecule has 0 aliphatic carbocycles. The van der Waals surface area contributed by atoms with Crippen LogP contribution >= 0.6 is 0 Å². The van der Waals surface area contributed by atoms with E-state index in [2.05, 4.69) is 9.47 Å². The maximum Gasteiger partial charge on any atom is 0.433 e. The number of ether oxygens (including phenoxy) is 2. The summed E-state index contributed by atoms with van der Waals surface area (Å²) < 4.78 is 14.2. The molecule has 0 saturated heterocycles. The van der Waals surface area contributed by atoms with Crippen LogP contribution in [0.25, 0.3) is 0 Å². The van der Waals surface area contributed by atoms with E-state index in [4.69, 9.17) is 4.42 Å². The Bertz CT molecular complexity index is 511. The van der Waals surface area contributed by atoms with Gasteiger partial charge in [0.15, 0.2) is 0 Å². The van der Waals surface area contributed by atoms with E-state index in [1.807, 2.05) is 0 Å². The minimum Gasteiger partial charge on any atom is -0.406 e. The van der Waals surface area contributed by atoms with E-state index in [9.17, 15) is 19.7 Å². The van der Waals surface area contributed by atoms with E-state index in [0.717, 1.165) is 13.8 Å². The quantitative estimate of drug-likeness (QED) is 0.346. The number of esters is 2. The van der Waals surface area contributed by atoms with Crippen LogP contribution in [0.1, 0.15) is 19.6 Å². The van der Waals surface area contributed by atoms with Gasteiger partial charge < -0.3 is 13.9 Å². The topological polar surface area (TPSA) is 109 Å². The third-order valence-electron chi connectivity index (χ3n) is 1.79. The summed E-state index contributed by atoms with van der Waals surface area (Å²) in [7, 11) is 0. The Morgan fingerprint density at radius 2 is 1.89 bits per heavy atom. The molecule has 0 bridgehead atoms. The molecule has 1 aromatic rings. The zero-order valence-electron chi connectivity index (χ0n) is 10.2. The maximum atomic E-state index is 10.8. The highest BCUT2D eigenvalue weighted by Gasteiger charge is 2.12. The average Bonchev–Trinajstić information content (AvgIpc) is 2.73. The van der Waals surface area contributed by atoms with Crippen LogP contribution in [0.3, 0.4) is 0 Å². The van der Waals surface area contributed by atoms with Crippen LogP contribution in [0.4, 0.5) is 5.88 Å². The van der Waals surface area contributed by atoms with Gasteiger partial charge in [0.05, 0.1) is 6.07 Å². The van der Waals surface area contributed by atoms with Crippen LogP contribution in [0, 0.1) is 10.1 Å². The first kappa shape index (κ1) is 14.4. The molecular formula is C11H11NO7. The molecular weight excluding hydrogens is 258 g/mol. The van der Waals surface area contributed by atoms with Gasteiger partial charge in [-0.15, -0.1) is 0 Å². The van der Waals surface area contributed by atoms with E-state index < -0.39 is 22.7 Å². The minimum atomic E-state index is -0.674. The van der Waals surface area contributed by atoms with Crippen molar-refractivity contribution >= 4 is 17.8 Å². The molecule has 1 rings (SSSR count). The zero-order chi connectivity index (χ0) is 14.4. The van der Waals surface area contributed by atoms with Gasteiger partial charge in [0.1, 0.15) is 10.7 Å². The second-order valence-corrected chi connectivity index (χ2v) is 3.41. The van der Waals surface area contributed by atoms with Gasteiger partial charge in [0.2, 0.25) is 0 Å². The SMILES string of the molecule is CC(=O)OC(=CCc1ccc([N+](=O)[O-])o1)OC(C)=O. The molecule has 8 nitrogen and oxygen atoms in total. The van der Waals surface area contributed by atoms with E-state index in [-0.39, 0.29) is 18.1 Å². The highest BCUT2D eigenvalue weighted by molar-refractivity contribution is 5.69. The molecule has 0 N–H and O–H groups in total. The van der Waals surface area contributed by atoms with Gasteiger partial charge in [-0.3, -0.25) is 19.7 Å². The Morgan fingerprint density at radius 1 is 1.32 bits per heavy atom. The summed E-state index contributed by atoms with van der Waals surface area (Å²) in [6.45, 7) is 2.30. The molecule has 0 fully saturated rings. The fourth-order valence-electron chi connectivity index (χ4n) is 1.15. The molecule has 1 heterocycles. The number of carbonyl (C=O) groups is 2. The largest absolute Gasteiger partial charge is 0.433 e. The normalized spacial score (nSPS) is 9.58. The lowest BCUT2D eigenvalue weighted by Gasteiger charge is -2.04. The molecule has 0 aliphatic rings. The van der Waals surface area contributed by atoms with Gasteiger partial charge in [-0.1, -0.05) is 0 Å². The Morgan fingerprint density at radius 3 is 2.32 bits per heavy atom. The number of carbonyl (C=O) groups excluding carboxylic acids is 2. The van der Waals surface area contributed by atoms with Gasteiger partial charge in [0.25, 0.3) is 5.95 Å². The van der Waals surface area contributed by atoms with Crippen LogP contribution < -0.4 is 0 Å². The number of hydrogen-bond donors (Lipinski definition) is 0. The molecule has 0 spiro atoms. The first-order valence-corrected chi connectivity index (χ1v) is 5.18. The number of allylic oxidation sites excluding steroid dienone is 1. The number of rotatable bonds is 5. The van der Waals surface area contributed by atoms with Crippen molar-refractivity contribution in [2.75, 3.05) is 0 Å². The number of nitrogens with zero attached hydrogens (tertiary/aromatic N) is 1. The Labute approximate surface area is 107 Å². The van der Waals surface area contributed by atoms with Gasteiger partial charge in [-0.2, -0.15) is 0 Å². The summed E-state index contributed by atoms with van der Waals surface area (Å²) in [4.78, 5) is 31.3. The van der Waals surface area contributed by atoms with E-state index in [0.29, 0.717) is 0 Å². The Hall–Kier alpha value is -2.64. The van der Waals surface area contributed by atoms with Crippen LogP contribution in [0.2, 0.25) is 0 Å². The highest BCUT2D eigenvalue weighted by Crippen LogP contribution is 2.17. The van der Waals surface area contributed by atoms with Crippen LogP contribution in [-0.4, -0.2) is 16.9 Å². The Balaban J connectivity index is 2.75. The zero-order valence-corrected chi connectivity index (χ0v) is 10.2. The molecule has 0 aliphatic heterocycles. The van der Waals surface area contributed by atoms with Gasteiger partial charge in [-0.25, -0.2) is 0 Å². The summed E-state index contributed by atoms with van der Waals surface area (Å²) in [5, 5.41) is 10.4. The molecule has 19 heavy (non-hydrogen) atoms. The van der Waals surface area contributed by atoms with Crippen molar-refractivity contribution in [3.05, 3.63) is 40.0 Å². The molecule has 0 amide bonds. The van der Waals surface area contributed by atoms with Crippen molar-refractivity contribution in [2.45, 2.75) is 20.3 Å². The van der Waals surface area contributed by atoms with Crippen molar-refractivity contribution in [1.82, 2.24) is 0 Å². The fourth-order valence-corrected chi connectivity index (χ4v) is 1.15. The highest BCUT2D eigenvalue weighted by atomic mass is 16.7. The van der Waals surface area contributed by atoms with E-state index in [1.54, 1.807) is 0 Å². The molecule has 0 atom stereocenters. The average molecular weight is 269 g/mol. The molecule has 8 heteroatoms. The molecule has 0 saturated carbocycles. The summed E-state index contributed by atoms with van der Waals surface area (Å²) in [6.07, 6.45) is 1.34. The molecule has 1 aromatic heterocycles. The van der Waals surface area contributed by atoms with Gasteiger partial charge in [0, 0.05) is 26.3 Å². The van der Waals surface area contributed by atoms with E-state index in [1.165, 1.54) is 18.2 Å². The van der Waals surface area contributed by atoms with Crippen LogP contribution in [0.5, 0.6) is 0 Å². The fraction of sp³-hybridized carbons (Fsp3) is 0.273. The monoisotopic (exact) mass is 269 g/mol. The van der Waals surface area contributed by atoms with Crippen molar-refractivity contribution in [1.29, 1.82) is 0 Å². The summed E-state index contributed by atoms with van der Waals surface area (Å²) >= 11 is 0. The van der Waals surface area contributed by atoms with Crippen molar-refractivity contribution in [2.24, 2.45) is 0 Å². The van der Waals surface area contributed by atoms with Crippen molar-refractivity contribution in [3.8, 4) is 0 Å². The first-order valence-electron chi connectivity index (χ1n) is 5.18. The van der Waals surface area contributed by atoms with Gasteiger partial charge >= 0.3 is 17.8 Å². The maximum absolute atomic E-state index is 10.8. The van der Waals surface area contributed by atoms with Crippen LogP contribution in [-0.2, 0) is 25.5 Å². The van der Waals surface area contributed by atoms with Gasteiger partial charge in [-0.05, 0) is 6.07 Å². The third-order valence-corrected chi connectivity index (χ3v) is 1.79. The summed E-state index contributed by atoms with van der Waals surface area (Å²) in [5.74, 6) is -1.73. The lowest BCUT2D eigenvalue weighted by Crippen LogP contribution is -2.06. The second kappa shape index (κ2) is 6.34. The van der Waals surface area contributed by atoms with Crippen molar-refractivity contribution < 1.29 is 28.4 Å². The minimum absolute atomic E-state index is 0.0731. The second-order valence-electron chi connectivity index (χ2n) is 3.41. The number of hydrogen-bond acceptors (Lipinski definition) is 7. The number of nitro groups is 1. The molecule has 102 valence electrons. The predicted octanol–water partition coefficient (Wildman–Crippen LogP) is 1.70. The molecule has 0 radical (unpaired) electrons.